The van der Waals surface area contributed by atoms with E-state index in [1.165, 1.54) is 10.5 Å². The average Bonchev–Trinajstić information content (AvgIpc) is 3.08. The third kappa shape index (κ3) is 5.35. The van der Waals surface area contributed by atoms with Crippen LogP contribution in [-0.4, -0.2) is 47.7 Å². The van der Waals surface area contributed by atoms with Crippen LogP contribution in [0.1, 0.15) is 48.6 Å². The van der Waals surface area contributed by atoms with Crippen molar-refractivity contribution >= 4 is 17.7 Å². The lowest BCUT2D eigenvalue weighted by Crippen LogP contribution is -2.29. The molecule has 1 aliphatic rings. The van der Waals surface area contributed by atoms with E-state index in [9.17, 15) is 14.4 Å². The van der Waals surface area contributed by atoms with Gasteiger partial charge >= 0.3 is 0 Å². The zero-order valence-electron chi connectivity index (χ0n) is 18.7. The zero-order valence-corrected chi connectivity index (χ0v) is 18.7. The van der Waals surface area contributed by atoms with E-state index in [0.29, 0.717) is 23.2 Å². The Hall–Kier alpha value is -3.77. The van der Waals surface area contributed by atoms with Crippen LogP contribution in [-0.2, 0) is 13.1 Å². The normalized spacial score (nSPS) is 12.8. The van der Waals surface area contributed by atoms with Crippen molar-refractivity contribution in [2.24, 2.45) is 0 Å². The van der Waals surface area contributed by atoms with Gasteiger partial charge in [-0.05, 0) is 55.4 Å². The van der Waals surface area contributed by atoms with Crippen LogP contribution in [0.5, 0.6) is 0 Å². The highest BCUT2D eigenvalue weighted by Crippen LogP contribution is 2.24. The molecule has 0 aromatic heterocycles. The van der Waals surface area contributed by atoms with Crippen LogP contribution in [0, 0.1) is 0 Å². The van der Waals surface area contributed by atoms with Crippen molar-refractivity contribution in [1.29, 1.82) is 0 Å². The molecule has 0 unspecified atom stereocenters. The molecule has 0 atom stereocenters. The van der Waals surface area contributed by atoms with Gasteiger partial charge in [0.15, 0.2) is 0 Å². The third-order valence-corrected chi connectivity index (χ3v) is 5.73. The minimum Gasteiger partial charge on any atom is -0.352 e. The van der Waals surface area contributed by atoms with Gasteiger partial charge in [0.1, 0.15) is 0 Å². The quantitative estimate of drug-likeness (QED) is 0.406. The highest BCUT2D eigenvalue weighted by atomic mass is 16.2. The van der Waals surface area contributed by atoms with Crippen LogP contribution in [0.15, 0.2) is 78.9 Å². The monoisotopic (exact) mass is 441 g/mol. The van der Waals surface area contributed by atoms with Gasteiger partial charge in [-0.3, -0.25) is 19.3 Å². The lowest BCUT2D eigenvalue weighted by molar-refractivity contribution is 0.0641. The molecule has 168 valence electrons. The molecule has 6 heteroatoms. The van der Waals surface area contributed by atoms with Crippen LogP contribution < -0.4 is 5.32 Å². The topological polar surface area (TPSA) is 69.7 Å². The smallest absolute Gasteiger partial charge is 0.261 e. The van der Waals surface area contributed by atoms with Gasteiger partial charge in [0.25, 0.3) is 17.7 Å². The first-order valence-electron chi connectivity index (χ1n) is 11.1. The molecule has 3 aromatic carbocycles. The number of benzene rings is 3. The molecule has 6 nitrogen and oxygen atoms in total. The number of nitrogens with zero attached hydrogens (tertiary/aromatic N) is 2. The van der Waals surface area contributed by atoms with Gasteiger partial charge in [-0.1, -0.05) is 54.6 Å². The molecule has 3 aromatic rings. The molecule has 0 bridgehead atoms. The van der Waals surface area contributed by atoms with Crippen molar-refractivity contribution < 1.29 is 14.4 Å². The fourth-order valence-corrected chi connectivity index (χ4v) is 3.95. The summed E-state index contributed by atoms with van der Waals surface area (Å²) in [5, 5.41) is 2.95. The molecule has 1 aliphatic heterocycles. The zero-order chi connectivity index (χ0) is 23.2. The van der Waals surface area contributed by atoms with E-state index in [1.54, 1.807) is 48.5 Å². The Kier molecular flexibility index (Phi) is 6.95. The van der Waals surface area contributed by atoms with Crippen molar-refractivity contribution in [1.82, 2.24) is 15.1 Å². The van der Waals surface area contributed by atoms with Gasteiger partial charge in [-0.25, -0.2) is 0 Å². The fraction of sp³-hybridized carbons (Fsp3) is 0.222. The molecule has 0 radical (unpaired) electrons. The van der Waals surface area contributed by atoms with Gasteiger partial charge in [0, 0.05) is 18.7 Å². The van der Waals surface area contributed by atoms with Crippen molar-refractivity contribution in [3.05, 3.63) is 107 Å². The summed E-state index contributed by atoms with van der Waals surface area (Å²) in [5.74, 6) is -0.697. The number of rotatable bonds is 9. The molecule has 0 fully saturated rings. The number of hydrogen-bond donors (Lipinski definition) is 1. The number of amides is 3. The number of carbonyl (C=O) groups is 3. The maximum atomic E-state index is 12.5. The van der Waals surface area contributed by atoms with E-state index in [1.807, 2.05) is 18.2 Å². The second-order valence-electron chi connectivity index (χ2n) is 8.27. The van der Waals surface area contributed by atoms with Crippen LogP contribution in [0.4, 0.5) is 0 Å². The maximum absolute atomic E-state index is 12.5. The van der Waals surface area contributed by atoms with Gasteiger partial charge < -0.3 is 10.2 Å². The summed E-state index contributed by atoms with van der Waals surface area (Å²) in [4.78, 5) is 41.0. The SMILES string of the molecule is CN(CCCNC(=O)c1ccc(CN2C(=O)c3ccccc3C2=O)cc1)Cc1ccccc1. The molecule has 4 rings (SSSR count). The van der Waals surface area contributed by atoms with Crippen LogP contribution in [0.3, 0.4) is 0 Å². The van der Waals surface area contributed by atoms with E-state index in [0.717, 1.165) is 25.1 Å². The molecule has 0 saturated carbocycles. The summed E-state index contributed by atoms with van der Waals surface area (Å²) in [6, 6.07) is 24.2. The van der Waals surface area contributed by atoms with Crippen molar-refractivity contribution in [3.63, 3.8) is 0 Å². The Labute approximate surface area is 193 Å². The summed E-state index contributed by atoms with van der Waals surface area (Å²) in [5.41, 5.74) is 3.49. The molecule has 0 aliphatic carbocycles. The summed E-state index contributed by atoms with van der Waals surface area (Å²) in [7, 11) is 2.07. The van der Waals surface area contributed by atoms with Gasteiger partial charge in [0.05, 0.1) is 17.7 Å². The molecule has 33 heavy (non-hydrogen) atoms. The molecule has 1 heterocycles. The van der Waals surface area contributed by atoms with Gasteiger partial charge in [-0.15, -0.1) is 0 Å². The lowest BCUT2D eigenvalue weighted by Gasteiger charge is -2.17. The van der Waals surface area contributed by atoms with Crippen LogP contribution in [0.2, 0.25) is 0 Å². The Balaban J connectivity index is 1.23. The van der Waals surface area contributed by atoms with Crippen LogP contribution >= 0.6 is 0 Å². The number of carbonyl (C=O) groups excluding carboxylic acids is 3. The molecule has 3 amide bonds. The lowest BCUT2D eigenvalue weighted by atomic mass is 10.1. The summed E-state index contributed by atoms with van der Waals surface area (Å²) in [6.45, 7) is 2.54. The number of fused-ring (bicyclic) bond motifs is 1. The van der Waals surface area contributed by atoms with Crippen molar-refractivity contribution in [2.45, 2.75) is 19.5 Å². The van der Waals surface area contributed by atoms with E-state index in [2.05, 4.69) is 29.4 Å². The van der Waals surface area contributed by atoms with Crippen molar-refractivity contribution in [3.8, 4) is 0 Å². The van der Waals surface area contributed by atoms with E-state index in [4.69, 9.17) is 0 Å². The molecular formula is C27H27N3O3. The van der Waals surface area contributed by atoms with E-state index >= 15 is 0 Å². The Bertz CT molecular complexity index is 1110. The predicted octanol–water partition coefficient (Wildman–Crippen LogP) is 3.73. The molecular weight excluding hydrogens is 414 g/mol. The largest absolute Gasteiger partial charge is 0.352 e. The highest BCUT2D eigenvalue weighted by molar-refractivity contribution is 6.21. The van der Waals surface area contributed by atoms with Gasteiger partial charge in [-0.2, -0.15) is 0 Å². The maximum Gasteiger partial charge on any atom is 0.261 e. The Morgan fingerprint density at radius 2 is 1.42 bits per heavy atom. The van der Waals surface area contributed by atoms with E-state index in [-0.39, 0.29) is 24.3 Å². The number of nitrogens with one attached hydrogen (secondary N) is 1. The minimum absolute atomic E-state index is 0.131. The average molecular weight is 442 g/mol. The van der Waals surface area contributed by atoms with Crippen LogP contribution in [0.25, 0.3) is 0 Å². The molecule has 0 spiro atoms. The fourth-order valence-electron chi connectivity index (χ4n) is 3.95. The third-order valence-electron chi connectivity index (χ3n) is 5.73. The first-order chi connectivity index (χ1) is 16.0. The van der Waals surface area contributed by atoms with E-state index < -0.39 is 0 Å². The summed E-state index contributed by atoms with van der Waals surface area (Å²) >= 11 is 0. The minimum atomic E-state index is -0.283. The standard InChI is InChI=1S/C27H27N3O3/c1-29(18-20-8-3-2-4-9-20)17-7-16-28-25(31)22-14-12-21(13-15-22)19-30-26(32)23-10-5-6-11-24(23)27(30)33/h2-6,8-15H,7,16-19H2,1H3,(H,28,31). The summed E-state index contributed by atoms with van der Waals surface area (Å²) < 4.78 is 0. The highest BCUT2D eigenvalue weighted by Gasteiger charge is 2.34. The second-order valence-corrected chi connectivity index (χ2v) is 8.27. The Morgan fingerprint density at radius 1 is 0.818 bits per heavy atom. The molecule has 1 N–H and O–H groups in total. The van der Waals surface area contributed by atoms with Gasteiger partial charge in [0.2, 0.25) is 0 Å². The summed E-state index contributed by atoms with van der Waals surface area (Å²) in [6.07, 6.45) is 0.854. The predicted molar refractivity (Wildman–Crippen MR) is 127 cm³/mol. The first kappa shape index (κ1) is 22.4. The number of hydrogen-bond acceptors (Lipinski definition) is 4. The number of imide groups is 1. The second kappa shape index (κ2) is 10.2. The van der Waals surface area contributed by atoms with Crippen molar-refractivity contribution in [2.75, 3.05) is 20.1 Å². The molecule has 0 saturated heterocycles. The first-order valence-corrected chi connectivity index (χ1v) is 11.1. The Morgan fingerprint density at radius 3 is 2.06 bits per heavy atom.